The number of hydrogen-bond donors (Lipinski definition) is 0. The molecule has 0 spiro atoms. The minimum absolute atomic E-state index is 0.0959. The Morgan fingerprint density at radius 2 is 2.14 bits per heavy atom. The molecule has 1 saturated heterocycles. The fourth-order valence-electron chi connectivity index (χ4n) is 3.01. The van der Waals surface area contributed by atoms with Gasteiger partial charge in [0.15, 0.2) is 0 Å². The smallest absolute Gasteiger partial charge is 0.140 e. The average molecular weight is 311 g/mol. The zero-order chi connectivity index (χ0) is 14.9. The Hall–Kier alpha value is -1.98. The number of anilines is 1. The van der Waals surface area contributed by atoms with Crippen molar-refractivity contribution in [3.63, 3.8) is 0 Å². The number of benzene rings is 1. The standard InChI is InChI=1S/C17H17N3OS/c1-12-4-2-3-5-13(12)15-10-20(7-8-21-15)16-14-6-9-22-17(14)19-11-18-16/h2-6,9,11,15H,7-8,10H2,1H3. The molecule has 1 unspecified atom stereocenters. The van der Waals surface area contributed by atoms with E-state index in [1.807, 2.05) is 0 Å². The molecule has 0 radical (unpaired) electrons. The normalized spacial score (nSPS) is 18.8. The highest BCUT2D eigenvalue weighted by molar-refractivity contribution is 7.16. The first-order chi connectivity index (χ1) is 10.8. The monoisotopic (exact) mass is 311 g/mol. The third kappa shape index (κ3) is 2.36. The molecule has 1 aliphatic rings. The molecule has 1 atom stereocenters. The Balaban J connectivity index is 1.67. The third-order valence-electron chi connectivity index (χ3n) is 4.14. The Labute approximate surface area is 133 Å². The van der Waals surface area contributed by atoms with Crippen molar-refractivity contribution >= 4 is 27.4 Å². The van der Waals surface area contributed by atoms with Gasteiger partial charge in [-0.05, 0) is 29.5 Å². The zero-order valence-corrected chi connectivity index (χ0v) is 13.2. The maximum atomic E-state index is 6.01. The van der Waals surface area contributed by atoms with E-state index in [0.717, 1.165) is 29.1 Å². The van der Waals surface area contributed by atoms with Crippen molar-refractivity contribution in [2.75, 3.05) is 24.6 Å². The molecule has 0 amide bonds. The Morgan fingerprint density at radius 1 is 1.23 bits per heavy atom. The zero-order valence-electron chi connectivity index (χ0n) is 12.4. The topological polar surface area (TPSA) is 38.2 Å². The van der Waals surface area contributed by atoms with Gasteiger partial charge < -0.3 is 9.64 Å². The van der Waals surface area contributed by atoms with Crippen molar-refractivity contribution in [2.24, 2.45) is 0 Å². The highest BCUT2D eigenvalue weighted by Gasteiger charge is 2.25. The van der Waals surface area contributed by atoms with Crippen LogP contribution in [0.4, 0.5) is 5.82 Å². The number of hydrogen-bond acceptors (Lipinski definition) is 5. The van der Waals surface area contributed by atoms with Gasteiger partial charge in [0.05, 0.1) is 12.0 Å². The molecule has 2 aromatic heterocycles. The van der Waals surface area contributed by atoms with E-state index in [4.69, 9.17) is 4.74 Å². The number of aryl methyl sites for hydroxylation is 1. The molecule has 22 heavy (non-hydrogen) atoms. The second kappa shape index (κ2) is 5.66. The van der Waals surface area contributed by atoms with Crippen LogP contribution in [0.5, 0.6) is 0 Å². The lowest BCUT2D eigenvalue weighted by molar-refractivity contribution is 0.0392. The van der Waals surface area contributed by atoms with Crippen LogP contribution in [-0.2, 0) is 4.74 Å². The lowest BCUT2D eigenvalue weighted by Crippen LogP contribution is -2.39. The van der Waals surface area contributed by atoms with Gasteiger partial charge in [0, 0.05) is 13.1 Å². The van der Waals surface area contributed by atoms with Gasteiger partial charge in [-0.3, -0.25) is 0 Å². The van der Waals surface area contributed by atoms with Gasteiger partial charge in [0.1, 0.15) is 23.1 Å². The minimum atomic E-state index is 0.0959. The molecule has 1 aromatic carbocycles. The summed E-state index contributed by atoms with van der Waals surface area (Å²) in [5.74, 6) is 1.02. The summed E-state index contributed by atoms with van der Waals surface area (Å²) in [6, 6.07) is 10.5. The van der Waals surface area contributed by atoms with Gasteiger partial charge in [-0.2, -0.15) is 0 Å². The van der Waals surface area contributed by atoms with E-state index in [0.29, 0.717) is 6.61 Å². The molecule has 1 fully saturated rings. The second-order valence-corrected chi connectivity index (χ2v) is 6.39. The van der Waals surface area contributed by atoms with E-state index in [1.54, 1.807) is 17.7 Å². The Bertz CT molecular complexity index is 801. The number of ether oxygens (including phenoxy) is 1. The lowest BCUT2D eigenvalue weighted by Gasteiger charge is -2.34. The molecule has 0 N–H and O–H groups in total. The largest absolute Gasteiger partial charge is 0.370 e. The van der Waals surface area contributed by atoms with E-state index in [1.165, 1.54) is 11.1 Å². The summed E-state index contributed by atoms with van der Waals surface area (Å²) in [4.78, 5) is 12.2. The van der Waals surface area contributed by atoms with Crippen LogP contribution in [-0.4, -0.2) is 29.7 Å². The van der Waals surface area contributed by atoms with E-state index in [9.17, 15) is 0 Å². The van der Waals surface area contributed by atoms with E-state index >= 15 is 0 Å². The highest BCUT2D eigenvalue weighted by atomic mass is 32.1. The number of fused-ring (bicyclic) bond motifs is 1. The fourth-order valence-corrected chi connectivity index (χ4v) is 3.73. The first-order valence-corrected chi connectivity index (χ1v) is 8.31. The number of thiophene rings is 1. The van der Waals surface area contributed by atoms with Crippen LogP contribution in [0.25, 0.3) is 10.2 Å². The number of aromatic nitrogens is 2. The summed E-state index contributed by atoms with van der Waals surface area (Å²) < 4.78 is 6.01. The SMILES string of the molecule is Cc1ccccc1C1CN(c2ncnc3sccc23)CCO1. The lowest BCUT2D eigenvalue weighted by atomic mass is 10.0. The van der Waals surface area contributed by atoms with Crippen molar-refractivity contribution in [3.05, 3.63) is 53.2 Å². The van der Waals surface area contributed by atoms with Gasteiger partial charge in [-0.1, -0.05) is 24.3 Å². The van der Waals surface area contributed by atoms with Crippen molar-refractivity contribution in [2.45, 2.75) is 13.0 Å². The van der Waals surface area contributed by atoms with Crippen LogP contribution < -0.4 is 4.90 Å². The van der Waals surface area contributed by atoms with Crippen molar-refractivity contribution < 1.29 is 4.74 Å². The van der Waals surface area contributed by atoms with Gasteiger partial charge >= 0.3 is 0 Å². The van der Waals surface area contributed by atoms with E-state index < -0.39 is 0 Å². The summed E-state index contributed by atoms with van der Waals surface area (Å²) in [5, 5.41) is 3.21. The van der Waals surface area contributed by atoms with Gasteiger partial charge in [0.2, 0.25) is 0 Å². The quantitative estimate of drug-likeness (QED) is 0.725. The predicted octanol–water partition coefficient (Wildman–Crippen LogP) is 3.58. The average Bonchev–Trinajstić information content (AvgIpc) is 3.04. The number of morpholine rings is 1. The molecule has 112 valence electrons. The minimum Gasteiger partial charge on any atom is -0.370 e. The summed E-state index contributed by atoms with van der Waals surface area (Å²) in [5.41, 5.74) is 2.54. The molecule has 0 bridgehead atoms. The molecule has 5 heteroatoms. The van der Waals surface area contributed by atoms with Crippen molar-refractivity contribution in [1.29, 1.82) is 0 Å². The molecule has 4 nitrogen and oxygen atoms in total. The summed E-state index contributed by atoms with van der Waals surface area (Å²) in [6.45, 7) is 4.55. The van der Waals surface area contributed by atoms with E-state index in [-0.39, 0.29) is 6.10 Å². The molecule has 0 aliphatic carbocycles. The van der Waals surface area contributed by atoms with Crippen LogP contribution in [0.3, 0.4) is 0 Å². The molecule has 0 saturated carbocycles. The summed E-state index contributed by atoms with van der Waals surface area (Å²) >= 11 is 1.66. The maximum Gasteiger partial charge on any atom is 0.140 e. The first kappa shape index (κ1) is 13.7. The Kier molecular flexibility index (Phi) is 3.52. The van der Waals surface area contributed by atoms with Crippen molar-refractivity contribution in [3.8, 4) is 0 Å². The highest BCUT2D eigenvalue weighted by Crippen LogP contribution is 2.31. The molecular weight excluding hydrogens is 294 g/mol. The van der Waals surface area contributed by atoms with Crippen molar-refractivity contribution in [1.82, 2.24) is 9.97 Å². The van der Waals surface area contributed by atoms with Crippen LogP contribution >= 0.6 is 11.3 Å². The Morgan fingerprint density at radius 3 is 3.05 bits per heavy atom. The van der Waals surface area contributed by atoms with Crippen LogP contribution in [0.15, 0.2) is 42.0 Å². The van der Waals surface area contributed by atoms with Gasteiger partial charge in [-0.25, -0.2) is 9.97 Å². The maximum absolute atomic E-state index is 6.01. The molecule has 1 aliphatic heterocycles. The number of nitrogens with zero attached hydrogens (tertiary/aromatic N) is 3. The second-order valence-electron chi connectivity index (χ2n) is 5.50. The fraction of sp³-hybridized carbons (Fsp3) is 0.294. The van der Waals surface area contributed by atoms with Crippen LogP contribution in [0.1, 0.15) is 17.2 Å². The molecular formula is C17H17N3OS. The molecule has 4 rings (SSSR count). The summed E-state index contributed by atoms with van der Waals surface area (Å²) in [7, 11) is 0. The summed E-state index contributed by atoms with van der Waals surface area (Å²) in [6.07, 6.45) is 1.76. The molecule has 3 aromatic rings. The molecule has 3 heterocycles. The van der Waals surface area contributed by atoms with Gasteiger partial charge in [0.25, 0.3) is 0 Å². The number of rotatable bonds is 2. The third-order valence-corrected chi connectivity index (χ3v) is 4.96. The first-order valence-electron chi connectivity index (χ1n) is 7.43. The predicted molar refractivity (Wildman–Crippen MR) is 89.5 cm³/mol. The van der Waals surface area contributed by atoms with Gasteiger partial charge in [-0.15, -0.1) is 11.3 Å². The van der Waals surface area contributed by atoms with Crippen LogP contribution in [0, 0.1) is 6.92 Å². The van der Waals surface area contributed by atoms with Crippen LogP contribution in [0.2, 0.25) is 0 Å². The van der Waals surface area contributed by atoms with E-state index in [2.05, 4.69) is 57.5 Å².